The average Bonchev–Trinajstić information content (AvgIpc) is 2.46. The first-order chi connectivity index (χ1) is 9.69. The van der Waals surface area contributed by atoms with Gasteiger partial charge < -0.3 is 11.1 Å². The molecule has 1 heterocycles. The summed E-state index contributed by atoms with van der Waals surface area (Å²) in [7, 11) is 0. The van der Waals surface area contributed by atoms with Crippen molar-refractivity contribution in [3.8, 4) is 11.8 Å². The van der Waals surface area contributed by atoms with E-state index in [4.69, 9.17) is 5.73 Å². The van der Waals surface area contributed by atoms with Gasteiger partial charge in [-0.25, -0.2) is 9.37 Å². The van der Waals surface area contributed by atoms with Gasteiger partial charge in [0.1, 0.15) is 11.6 Å². The first-order valence-electron chi connectivity index (χ1n) is 5.91. The molecule has 0 aliphatic carbocycles. The van der Waals surface area contributed by atoms with Crippen molar-refractivity contribution in [2.24, 2.45) is 5.73 Å². The fourth-order valence-electron chi connectivity index (χ4n) is 1.52. The number of nitrogens with two attached hydrogens (primary N) is 1. The summed E-state index contributed by atoms with van der Waals surface area (Å²) in [5.74, 6) is 5.20. The monoisotopic (exact) mass is 269 g/mol. The van der Waals surface area contributed by atoms with Crippen molar-refractivity contribution in [2.45, 2.75) is 0 Å². The zero-order valence-corrected chi connectivity index (χ0v) is 10.6. The zero-order valence-electron chi connectivity index (χ0n) is 10.6. The second-order valence-electron chi connectivity index (χ2n) is 3.90. The SMILES string of the molecule is NCC#Cc1ccnc(NC(=O)c2ccc(F)cc2)c1. The number of benzene rings is 1. The number of anilines is 1. The van der Waals surface area contributed by atoms with Gasteiger partial charge in [0.05, 0.1) is 6.54 Å². The van der Waals surface area contributed by atoms with Crippen LogP contribution in [-0.2, 0) is 0 Å². The third-order valence-corrected chi connectivity index (χ3v) is 2.44. The van der Waals surface area contributed by atoms with E-state index in [1.54, 1.807) is 18.3 Å². The molecule has 0 atom stereocenters. The lowest BCUT2D eigenvalue weighted by Gasteiger charge is -2.04. The summed E-state index contributed by atoms with van der Waals surface area (Å²) in [4.78, 5) is 15.9. The number of hydrogen-bond acceptors (Lipinski definition) is 3. The topological polar surface area (TPSA) is 68.0 Å². The molecule has 0 saturated carbocycles. The van der Waals surface area contributed by atoms with Crippen molar-refractivity contribution < 1.29 is 9.18 Å². The van der Waals surface area contributed by atoms with Gasteiger partial charge in [-0.2, -0.15) is 0 Å². The Morgan fingerprint density at radius 1 is 1.30 bits per heavy atom. The van der Waals surface area contributed by atoms with E-state index in [2.05, 4.69) is 22.1 Å². The highest BCUT2D eigenvalue weighted by molar-refractivity contribution is 6.03. The molecule has 2 aromatic rings. The number of hydrogen-bond donors (Lipinski definition) is 2. The number of aromatic nitrogens is 1. The molecule has 1 aromatic heterocycles. The summed E-state index contributed by atoms with van der Waals surface area (Å²) in [5.41, 5.74) is 6.36. The summed E-state index contributed by atoms with van der Waals surface area (Å²) < 4.78 is 12.8. The van der Waals surface area contributed by atoms with Gasteiger partial charge >= 0.3 is 0 Å². The van der Waals surface area contributed by atoms with Gasteiger partial charge in [0.2, 0.25) is 0 Å². The Kier molecular flexibility index (Phi) is 4.43. The molecule has 0 unspecified atom stereocenters. The van der Waals surface area contributed by atoms with Gasteiger partial charge in [0.15, 0.2) is 0 Å². The van der Waals surface area contributed by atoms with Gasteiger partial charge in [-0.05, 0) is 36.4 Å². The third-order valence-electron chi connectivity index (χ3n) is 2.44. The van der Waals surface area contributed by atoms with E-state index in [-0.39, 0.29) is 12.5 Å². The maximum Gasteiger partial charge on any atom is 0.256 e. The van der Waals surface area contributed by atoms with Crippen LogP contribution in [-0.4, -0.2) is 17.4 Å². The Hall–Kier alpha value is -2.71. The number of amides is 1. The van der Waals surface area contributed by atoms with E-state index >= 15 is 0 Å². The molecule has 0 fully saturated rings. The minimum absolute atomic E-state index is 0.263. The fraction of sp³-hybridized carbons (Fsp3) is 0.0667. The molecule has 0 spiro atoms. The van der Waals surface area contributed by atoms with Crippen LogP contribution < -0.4 is 11.1 Å². The molecule has 0 aliphatic rings. The minimum Gasteiger partial charge on any atom is -0.320 e. The van der Waals surface area contributed by atoms with Crippen molar-refractivity contribution in [1.29, 1.82) is 0 Å². The Morgan fingerprint density at radius 2 is 2.05 bits per heavy atom. The summed E-state index contributed by atoms with van der Waals surface area (Å²) >= 11 is 0. The summed E-state index contributed by atoms with van der Waals surface area (Å²) in [6, 6.07) is 8.63. The molecule has 1 amide bonds. The van der Waals surface area contributed by atoms with Gasteiger partial charge in [0, 0.05) is 17.3 Å². The smallest absolute Gasteiger partial charge is 0.256 e. The van der Waals surface area contributed by atoms with Crippen LogP contribution in [0.3, 0.4) is 0 Å². The van der Waals surface area contributed by atoms with E-state index in [9.17, 15) is 9.18 Å². The maximum atomic E-state index is 12.8. The molecular weight excluding hydrogens is 257 g/mol. The van der Waals surface area contributed by atoms with Crippen LogP contribution in [0.1, 0.15) is 15.9 Å². The minimum atomic E-state index is -0.390. The maximum absolute atomic E-state index is 12.8. The number of rotatable bonds is 2. The van der Waals surface area contributed by atoms with Crippen LogP contribution in [0, 0.1) is 17.7 Å². The van der Waals surface area contributed by atoms with Crippen LogP contribution in [0.5, 0.6) is 0 Å². The standard InChI is InChI=1S/C15H12FN3O/c16-13-5-3-12(4-6-13)15(20)19-14-10-11(2-1-8-17)7-9-18-14/h3-7,9-10H,8,17H2,(H,18,19,20). The average molecular weight is 269 g/mol. The normalized spacial score (nSPS) is 9.50. The second-order valence-corrected chi connectivity index (χ2v) is 3.90. The van der Waals surface area contributed by atoms with E-state index in [0.717, 1.165) is 0 Å². The van der Waals surface area contributed by atoms with E-state index in [1.165, 1.54) is 24.3 Å². The predicted octanol–water partition coefficient (Wildman–Crippen LogP) is 1.78. The summed E-state index contributed by atoms with van der Waals surface area (Å²) in [6.07, 6.45) is 1.54. The van der Waals surface area contributed by atoms with Crippen molar-refractivity contribution in [2.75, 3.05) is 11.9 Å². The molecule has 100 valence electrons. The molecule has 0 saturated heterocycles. The highest BCUT2D eigenvalue weighted by atomic mass is 19.1. The number of carbonyl (C=O) groups is 1. The zero-order chi connectivity index (χ0) is 14.4. The number of nitrogens with one attached hydrogen (secondary N) is 1. The van der Waals surface area contributed by atoms with Crippen LogP contribution in [0.4, 0.5) is 10.2 Å². The van der Waals surface area contributed by atoms with Crippen molar-refractivity contribution in [1.82, 2.24) is 4.98 Å². The largest absolute Gasteiger partial charge is 0.320 e. The molecule has 3 N–H and O–H groups in total. The lowest BCUT2D eigenvalue weighted by Crippen LogP contribution is -2.12. The van der Waals surface area contributed by atoms with E-state index in [1.807, 2.05) is 0 Å². The Bertz CT molecular complexity index is 672. The molecular formula is C15H12FN3O. The molecule has 0 bridgehead atoms. The van der Waals surface area contributed by atoms with Gasteiger partial charge in [-0.1, -0.05) is 11.8 Å². The van der Waals surface area contributed by atoms with E-state index in [0.29, 0.717) is 16.9 Å². The first kappa shape index (κ1) is 13.7. The number of carbonyl (C=O) groups excluding carboxylic acids is 1. The van der Waals surface area contributed by atoms with Gasteiger partial charge in [0.25, 0.3) is 5.91 Å². The van der Waals surface area contributed by atoms with Crippen LogP contribution >= 0.6 is 0 Å². The van der Waals surface area contributed by atoms with Crippen LogP contribution in [0.2, 0.25) is 0 Å². The second kappa shape index (κ2) is 6.45. The molecule has 20 heavy (non-hydrogen) atoms. The Balaban J connectivity index is 2.13. The number of pyridine rings is 1. The van der Waals surface area contributed by atoms with Crippen LogP contribution in [0.25, 0.3) is 0 Å². The third kappa shape index (κ3) is 3.64. The molecule has 1 aromatic carbocycles. The van der Waals surface area contributed by atoms with Crippen molar-refractivity contribution >= 4 is 11.7 Å². The summed E-state index contributed by atoms with van der Waals surface area (Å²) in [6.45, 7) is 0.263. The lowest BCUT2D eigenvalue weighted by molar-refractivity contribution is 0.102. The molecule has 0 aliphatic heterocycles. The highest BCUT2D eigenvalue weighted by Crippen LogP contribution is 2.09. The lowest BCUT2D eigenvalue weighted by atomic mass is 10.2. The first-order valence-corrected chi connectivity index (χ1v) is 5.91. The van der Waals surface area contributed by atoms with Gasteiger partial charge in [-0.15, -0.1) is 0 Å². The highest BCUT2D eigenvalue weighted by Gasteiger charge is 2.06. The van der Waals surface area contributed by atoms with Crippen molar-refractivity contribution in [3.63, 3.8) is 0 Å². The quantitative estimate of drug-likeness (QED) is 0.817. The molecule has 2 rings (SSSR count). The Morgan fingerprint density at radius 3 is 2.75 bits per heavy atom. The molecule has 4 nitrogen and oxygen atoms in total. The van der Waals surface area contributed by atoms with E-state index < -0.39 is 5.82 Å². The van der Waals surface area contributed by atoms with Crippen LogP contribution in [0.15, 0.2) is 42.6 Å². The number of halogens is 1. The summed E-state index contributed by atoms with van der Waals surface area (Å²) in [5, 5.41) is 2.62. The van der Waals surface area contributed by atoms with Gasteiger partial charge in [-0.3, -0.25) is 4.79 Å². The molecule has 5 heteroatoms. The fourth-order valence-corrected chi connectivity index (χ4v) is 1.52. The molecule has 0 radical (unpaired) electrons. The predicted molar refractivity (Wildman–Crippen MR) is 74.5 cm³/mol. The number of nitrogens with zero attached hydrogens (tertiary/aromatic N) is 1. The Labute approximate surface area is 115 Å². The van der Waals surface area contributed by atoms with Crippen molar-refractivity contribution in [3.05, 3.63) is 59.5 Å².